The van der Waals surface area contributed by atoms with Gasteiger partial charge in [0, 0.05) is 20.1 Å². The van der Waals surface area contributed by atoms with Gasteiger partial charge < -0.3 is 11.1 Å². The Bertz CT molecular complexity index is 434. The summed E-state index contributed by atoms with van der Waals surface area (Å²) in [7, 11) is 1.85. The second-order valence-electron chi connectivity index (χ2n) is 2.94. The molecule has 0 fully saturated rings. The first-order valence-electron chi connectivity index (χ1n) is 4.39. The van der Waals surface area contributed by atoms with E-state index in [4.69, 9.17) is 5.73 Å². The normalized spacial score (nSPS) is 10.7. The SMILES string of the molecule is Cn1ncc2c(NCCN)ncnc21. The Labute approximate surface area is 81.1 Å². The molecule has 14 heavy (non-hydrogen) atoms. The Hall–Kier alpha value is -1.69. The lowest BCUT2D eigenvalue weighted by Crippen LogP contribution is -2.14. The molecule has 6 nitrogen and oxygen atoms in total. The molecule has 2 heterocycles. The van der Waals surface area contributed by atoms with Crippen LogP contribution in [0, 0.1) is 0 Å². The molecule has 0 aromatic carbocycles. The van der Waals surface area contributed by atoms with Crippen LogP contribution in [0.5, 0.6) is 0 Å². The lowest BCUT2D eigenvalue weighted by Gasteiger charge is -2.03. The van der Waals surface area contributed by atoms with Crippen LogP contribution >= 0.6 is 0 Å². The predicted octanol–water partition coefficient (Wildman–Crippen LogP) is -0.266. The number of anilines is 1. The van der Waals surface area contributed by atoms with E-state index >= 15 is 0 Å². The number of hydrogen-bond donors (Lipinski definition) is 2. The highest BCUT2D eigenvalue weighted by Crippen LogP contribution is 2.16. The standard InChI is InChI=1S/C8H12N6/c1-14-8-6(4-13-14)7(10-3-2-9)11-5-12-8/h4-5H,2-3,9H2,1H3,(H,10,11,12). The van der Waals surface area contributed by atoms with E-state index in [1.165, 1.54) is 6.33 Å². The van der Waals surface area contributed by atoms with Gasteiger partial charge in [0.2, 0.25) is 0 Å². The Morgan fingerprint density at radius 2 is 2.36 bits per heavy atom. The maximum absolute atomic E-state index is 5.40. The van der Waals surface area contributed by atoms with Crippen LogP contribution < -0.4 is 11.1 Å². The van der Waals surface area contributed by atoms with E-state index in [1.54, 1.807) is 10.9 Å². The van der Waals surface area contributed by atoms with Crippen LogP contribution in [0.2, 0.25) is 0 Å². The van der Waals surface area contributed by atoms with Gasteiger partial charge in [0.15, 0.2) is 5.65 Å². The Kier molecular flexibility index (Phi) is 2.28. The van der Waals surface area contributed by atoms with Crippen LogP contribution in [0.4, 0.5) is 5.82 Å². The van der Waals surface area contributed by atoms with Crippen molar-refractivity contribution in [3.63, 3.8) is 0 Å². The zero-order valence-electron chi connectivity index (χ0n) is 7.94. The van der Waals surface area contributed by atoms with E-state index in [9.17, 15) is 0 Å². The second-order valence-corrected chi connectivity index (χ2v) is 2.94. The van der Waals surface area contributed by atoms with Gasteiger partial charge in [0.25, 0.3) is 0 Å². The summed E-state index contributed by atoms with van der Waals surface area (Å²) in [6.07, 6.45) is 3.26. The first kappa shape index (κ1) is 8.89. The van der Waals surface area contributed by atoms with Crippen molar-refractivity contribution < 1.29 is 0 Å². The molecule has 0 atom stereocenters. The van der Waals surface area contributed by atoms with Crippen LogP contribution in [0.25, 0.3) is 11.0 Å². The van der Waals surface area contributed by atoms with Crippen molar-refractivity contribution in [1.29, 1.82) is 0 Å². The average Bonchev–Trinajstić information content (AvgIpc) is 2.58. The molecule has 0 saturated heterocycles. The van der Waals surface area contributed by atoms with E-state index in [2.05, 4.69) is 20.4 Å². The lowest BCUT2D eigenvalue weighted by molar-refractivity contribution is 0.785. The third kappa shape index (κ3) is 1.39. The van der Waals surface area contributed by atoms with Gasteiger partial charge in [0.1, 0.15) is 12.1 Å². The quantitative estimate of drug-likeness (QED) is 0.699. The number of hydrogen-bond acceptors (Lipinski definition) is 5. The lowest BCUT2D eigenvalue weighted by atomic mass is 10.4. The molecule has 6 heteroatoms. The molecule has 74 valence electrons. The van der Waals surface area contributed by atoms with E-state index in [1.807, 2.05) is 7.05 Å². The molecular formula is C8H12N6. The Balaban J connectivity index is 2.44. The molecule has 0 aliphatic carbocycles. The molecule has 2 aromatic rings. The minimum absolute atomic E-state index is 0.575. The van der Waals surface area contributed by atoms with Crippen molar-refractivity contribution in [2.24, 2.45) is 12.8 Å². The van der Waals surface area contributed by atoms with Gasteiger partial charge in [-0.15, -0.1) is 0 Å². The van der Waals surface area contributed by atoms with Crippen molar-refractivity contribution in [2.45, 2.75) is 0 Å². The number of nitrogens with zero attached hydrogens (tertiary/aromatic N) is 4. The van der Waals surface area contributed by atoms with Crippen molar-refractivity contribution in [3.8, 4) is 0 Å². The second kappa shape index (κ2) is 3.59. The summed E-state index contributed by atoms with van der Waals surface area (Å²) < 4.78 is 1.71. The molecule has 0 aliphatic rings. The predicted molar refractivity (Wildman–Crippen MR) is 53.8 cm³/mol. The van der Waals surface area contributed by atoms with Gasteiger partial charge in [-0.1, -0.05) is 0 Å². The minimum Gasteiger partial charge on any atom is -0.368 e. The van der Waals surface area contributed by atoms with Gasteiger partial charge in [-0.25, -0.2) is 9.97 Å². The van der Waals surface area contributed by atoms with E-state index in [-0.39, 0.29) is 0 Å². The summed E-state index contributed by atoms with van der Waals surface area (Å²) >= 11 is 0. The van der Waals surface area contributed by atoms with Crippen LogP contribution in [0.15, 0.2) is 12.5 Å². The fourth-order valence-electron chi connectivity index (χ4n) is 1.29. The van der Waals surface area contributed by atoms with E-state index in [0.29, 0.717) is 13.1 Å². The van der Waals surface area contributed by atoms with Crippen LogP contribution in [0.3, 0.4) is 0 Å². The van der Waals surface area contributed by atoms with E-state index < -0.39 is 0 Å². The minimum atomic E-state index is 0.575. The molecule has 2 rings (SSSR count). The number of nitrogens with two attached hydrogens (primary N) is 1. The van der Waals surface area contributed by atoms with Gasteiger partial charge >= 0.3 is 0 Å². The Morgan fingerprint density at radius 3 is 3.14 bits per heavy atom. The largest absolute Gasteiger partial charge is 0.368 e. The summed E-state index contributed by atoms with van der Waals surface area (Å²) in [5.74, 6) is 0.786. The fourth-order valence-corrected chi connectivity index (χ4v) is 1.29. The topological polar surface area (TPSA) is 81.7 Å². The smallest absolute Gasteiger partial charge is 0.163 e. The molecule has 0 amide bonds. The summed E-state index contributed by atoms with van der Waals surface area (Å²) in [5, 5.41) is 8.15. The summed E-state index contributed by atoms with van der Waals surface area (Å²) in [5.41, 5.74) is 6.22. The van der Waals surface area contributed by atoms with Crippen molar-refractivity contribution in [3.05, 3.63) is 12.5 Å². The maximum atomic E-state index is 5.40. The average molecular weight is 192 g/mol. The summed E-state index contributed by atoms with van der Waals surface area (Å²) in [4.78, 5) is 8.25. The summed E-state index contributed by atoms with van der Waals surface area (Å²) in [6.45, 7) is 1.27. The molecule has 0 saturated carbocycles. The highest BCUT2D eigenvalue weighted by Gasteiger charge is 2.05. The van der Waals surface area contributed by atoms with Crippen LogP contribution in [-0.4, -0.2) is 32.8 Å². The number of aromatic nitrogens is 4. The monoisotopic (exact) mass is 192 g/mol. The van der Waals surface area contributed by atoms with E-state index in [0.717, 1.165) is 16.9 Å². The number of aryl methyl sites for hydroxylation is 1. The Morgan fingerprint density at radius 1 is 1.50 bits per heavy atom. The number of fused-ring (bicyclic) bond motifs is 1. The molecule has 0 spiro atoms. The molecule has 3 N–H and O–H groups in total. The van der Waals surface area contributed by atoms with Crippen molar-refractivity contribution >= 4 is 16.9 Å². The van der Waals surface area contributed by atoms with Gasteiger partial charge in [-0.3, -0.25) is 4.68 Å². The third-order valence-electron chi connectivity index (χ3n) is 1.97. The summed E-state index contributed by atoms with van der Waals surface area (Å²) in [6, 6.07) is 0. The molecular weight excluding hydrogens is 180 g/mol. The number of rotatable bonds is 3. The molecule has 0 bridgehead atoms. The first-order chi connectivity index (χ1) is 6.83. The zero-order chi connectivity index (χ0) is 9.97. The highest BCUT2D eigenvalue weighted by atomic mass is 15.3. The van der Waals surface area contributed by atoms with Crippen molar-refractivity contribution in [2.75, 3.05) is 18.4 Å². The van der Waals surface area contributed by atoms with Gasteiger partial charge in [-0.2, -0.15) is 5.10 Å². The van der Waals surface area contributed by atoms with Crippen LogP contribution in [0.1, 0.15) is 0 Å². The molecule has 0 unspecified atom stereocenters. The van der Waals surface area contributed by atoms with Gasteiger partial charge in [0.05, 0.1) is 11.6 Å². The highest BCUT2D eigenvalue weighted by molar-refractivity contribution is 5.85. The first-order valence-corrected chi connectivity index (χ1v) is 4.39. The third-order valence-corrected chi connectivity index (χ3v) is 1.97. The number of nitrogens with one attached hydrogen (secondary N) is 1. The van der Waals surface area contributed by atoms with Crippen LogP contribution in [-0.2, 0) is 7.05 Å². The van der Waals surface area contributed by atoms with Gasteiger partial charge in [-0.05, 0) is 0 Å². The molecule has 2 aromatic heterocycles. The molecule has 0 aliphatic heterocycles. The zero-order valence-corrected chi connectivity index (χ0v) is 7.94. The fraction of sp³-hybridized carbons (Fsp3) is 0.375. The van der Waals surface area contributed by atoms with Crippen molar-refractivity contribution in [1.82, 2.24) is 19.7 Å². The maximum Gasteiger partial charge on any atom is 0.163 e. The molecule has 0 radical (unpaired) electrons.